The number of carboxylic acid groups (broad SMARTS) is 1. The van der Waals surface area contributed by atoms with Gasteiger partial charge in [-0.1, -0.05) is 55.5 Å². The number of allylic oxidation sites excluding steroid dienone is 1. The molecule has 2 aromatic carbocycles. The molecule has 0 heterocycles. The van der Waals surface area contributed by atoms with Gasteiger partial charge in [-0.2, -0.15) is 0 Å². The van der Waals surface area contributed by atoms with E-state index in [4.69, 9.17) is 5.11 Å². The lowest BCUT2D eigenvalue weighted by Crippen LogP contribution is -1.99. The van der Waals surface area contributed by atoms with E-state index in [1.807, 2.05) is 19.1 Å². The Kier molecular flexibility index (Phi) is 3.47. The van der Waals surface area contributed by atoms with Crippen LogP contribution in [0.25, 0.3) is 10.8 Å². The highest BCUT2D eigenvalue weighted by Crippen LogP contribution is 2.23. The fourth-order valence-corrected chi connectivity index (χ4v) is 2.03. The molecule has 2 nitrogen and oxygen atoms in total. The SMILES string of the molecule is C/C(=C\C(C)c1ccc2ccccc2c1)C(=O)O. The second-order valence-corrected chi connectivity index (χ2v) is 4.55. The van der Waals surface area contributed by atoms with Crippen LogP contribution in [0.5, 0.6) is 0 Å². The molecule has 0 amide bonds. The van der Waals surface area contributed by atoms with E-state index in [0.717, 1.165) is 5.56 Å². The van der Waals surface area contributed by atoms with Gasteiger partial charge in [0.2, 0.25) is 0 Å². The number of rotatable bonds is 3. The molecule has 0 saturated carbocycles. The lowest BCUT2D eigenvalue weighted by molar-refractivity contribution is -0.132. The van der Waals surface area contributed by atoms with Gasteiger partial charge < -0.3 is 5.11 Å². The van der Waals surface area contributed by atoms with Gasteiger partial charge in [0.25, 0.3) is 0 Å². The zero-order chi connectivity index (χ0) is 13.1. The maximum absolute atomic E-state index is 10.8. The van der Waals surface area contributed by atoms with E-state index < -0.39 is 5.97 Å². The monoisotopic (exact) mass is 240 g/mol. The standard InChI is InChI=1S/C16H16O2/c1-11(9-12(2)16(17)18)14-8-7-13-5-3-4-6-15(13)10-14/h3-11H,1-2H3,(H,17,18)/b12-9+. The average Bonchev–Trinajstić information content (AvgIpc) is 2.37. The number of hydrogen-bond donors (Lipinski definition) is 1. The first-order chi connectivity index (χ1) is 8.58. The predicted octanol–water partition coefficient (Wildman–Crippen LogP) is 3.97. The Morgan fingerprint density at radius 1 is 1.17 bits per heavy atom. The van der Waals surface area contributed by atoms with Crippen LogP contribution < -0.4 is 0 Å². The minimum atomic E-state index is -0.859. The molecule has 0 bridgehead atoms. The molecule has 18 heavy (non-hydrogen) atoms. The fourth-order valence-electron chi connectivity index (χ4n) is 2.03. The van der Waals surface area contributed by atoms with E-state index in [0.29, 0.717) is 5.57 Å². The minimum absolute atomic E-state index is 0.103. The van der Waals surface area contributed by atoms with Crippen LogP contribution in [-0.2, 0) is 4.79 Å². The largest absolute Gasteiger partial charge is 0.478 e. The summed E-state index contributed by atoms with van der Waals surface area (Å²) in [6, 6.07) is 14.4. The van der Waals surface area contributed by atoms with Gasteiger partial charge in [0.1, 0.15) is 0 Å². The van der Waals surface area contributed by atoms with Crippen molar-refractivity contribution in [3.63, 3.8) is 0 Å². The molecule has 1 unspecified atom stereocenters. The third-order valence-electron chi connectivity index (χ3n) is 3.14. The van der Waals surface area contributed by atoms with Crippen molar-refractivity contribution < 1.29 is 9.90 Å². The summed E-state index contributed by atoms with van der Waals surface area (Å²) < 4.78 is 0. The second-order valence-electron chi connectivity index (χ2n) is 4.55. The predicted molar refractivity (Wildman–Crippen MR) is 73.8 cm³/mol. The van der Waals surface area contributed by atoms with Gasteiger partial charge >= 0.3 is 5.97 Å². The lowest BCUT2D eigenvalue weighted by Gasteiger charge is -2.09. The summed E-state index contributed by atoms with van der Waals surface area (Å²) in [6.45, 7) is 3.64. The van der Waals surface area contributed by atoms with Gasteiger partial charge in [-0.25, -0.2) is 4.79 Å². The fraction of sp³-hybridized carbons (Fsp3) is 0.188. The van der Waals surface area contributed by atoms with Gasteiger partial charge in [0.15, 0.2) is 0 Å². The van der Waals surface area contributed by atoms with Gasteiger partial charge in [-0.15, -0.1) is 0 Å². The van der Waals surface area contributed by atoms with E-state index >= 15 is 0 Å². The van der Waals surface area contributed by atoms with Crippen molar-refractivity contribution in [1.29, 1.82) is 0 Å². The molecule has 0 aliphatic heterocycles. The van der Waals surface area contributed by atoms with Gasteiger partial charge in [-0.3, -0.25) is 0 Å². The van der Waals surface area contributed by atoms with Crippen molar-refractivity contribution in [2.75, 3.05) is 0 Å². The second kappa shape index (κ2) is 5.05. The zero-order valence-electron chi connectivity index (χ0n) is 10.6. The Morgan fingerprint density at radius 2 is 1.83 bits per heavy atom. The third-order valence-corrected chi connectivity index (χ3v) is 3.14. The molecule has 1 atom stereocenters. The van der Waals surface area contributed by atoms with Crippen molar-refractivity contribution in [3.05, 3.63) is 59.7 Å². The Hall–Kier alpha value is -2.09. The van der Waals surface area contributed by atoms with E-state index in [2.05, 4.69) is 30.3 Å². The Labute approximate surface area is 107 Å². The number of carbonyl (C=O) groups is 1. The molecule has 2 heteroatoms. The average molecular weight is 240 g/mol. The Balaban J connectivity index is 2.36. The molecule has 2 aromatic rings. The molecule has 0 fully saturated rings. The van der Waals surface area contributed by atoms with Crippen molar-refractivity contribution in [3.8, 4) is 0 Å². The highest BCUT2D eigenvalue weighted by Gasteiger charge is 2.07. The summed E-state index contributed by atoms with van der Waals surface area (Å²) in [4.78, 5) is 10.8. The van der Waals surface area contributed by atoms with Crippen LogP contribution >= 0.6 is 0 Å². The summed E-state index contributed by atoms with van der Waals surface area (Å²) in [5.41, 5.74) is 1.52. The summed E-state index contributed by atoms with van der Waals surface area (Å²) >= 11 is 0. The van der Waals surface area contributed by atoms with Crippen LogP contribution in [0.3, 0.4) is 0 Å². The summed E-state index contributed by atoms with van der Waals surface area (Å²) in [5.74, 6) is -0.756. The van der Waals surface area contributed by atoms with Crippen LogP contribution in [0.2, 0.25) is 0 Å². The first-order valence-corrected chi connectivity index (χ1v) is 5.98. The summed E-state index contributed by atoms with van der Waals surface area (Å²) in [5, 5.41) is 11.3. The Bertz CT molecular complexity index is 611. The Morgan fingerprint density at radius 3 is 2.50 bits per heavy atom. The lowest BCUT2D eigenvalue weighted by atomic mass is 9.96. The van der Waals surface area contributed by atoms with E-state index in [1.165, 1.54) is 10.8 Å². The molecular weight excluding hydrogens is 224 g/mol. The maximum atomic E-state index is 10.8. The number of aliphatic carboxylic acids is 1. The van der Waals surface area contributed by atoms with Crippen molar-refractivity contribution in [1.82, 2.24) is 0 Å². The molecule has 0 aromatic heterocycles. The van der Waals surface area contributed by atoms with Gasteiger partial charge in [0.05, 0.1) is 0 Å². The molecule has 0 aliphatic carbocycles. The van der Waals surface area contributed by atoms with Crippen LogP contribution in [-0.4, -0.2) is 11.1 Å². The highest BCUT2D eigenvalue weighted by molar-refractivity contribution is 5.86. The highest BCUT2D eigenvalue weighted by atomic mass is 16.4. The van der Waals surface area contributed by atoms with Crippen LogP contribution in [0.15, 0.2) is 54.1 Å². The maximum Gasteiger partial charge on any atom is 0.330 e. The van der Waals surface area contributed by atoms with E-state index in [1.54, 1.807) is 13.0 Å². The van der Waals surface area contributed by atoms with E-state index in [9.17, 15) is 4.79 Å². The molecule has 92 valence electrons. The van der Waals surface area contributed by atoms with Crippen molar-refractivity contribution in [2.45, 2.75) is 19.8 Å². The molecule has 2 rings (SSSR count). The van der Waals surface area contributed by atoms with Gasteiger partial charge in [-0.05, 0) is 29.2 Å². The van der Waals surface area contributed by atoms with Crippen molar-refractivity contribution in [2.24, 2.45) is 0 Å². The van der Waals surface area contributed by atoms with Crippen molar-refractivity contribution >= 4 is 16.7 Å². The number of benzene rings is 2. The molecule has 0 radical (unpaired) electrons. The summed E-state index contributed by atoms with van der Waals surface area (Å²) in [7, 11) is 0. The molecule has 1 N–H and O–H groups in total. The number of fused-ring (bicyclic) bond motifs is 1. The summed E-state index contributed by atoms with van der Waals surface area (Å²) in [6.07, 6.45) is 1.78. The molecular formula is C16H16O2. The van der Waals surface area contributed by atoms with Crippen LogP contribution in [0.1, 0.15) is 25.3 Å². The quantitative estimate of drug-likeness (QED) is 0.824. The first kappa shape index (κ1) is 12.4. The molecule has 0 aliphatic rings. The normalized spacial score (nSPS) is 13.6. The zero-order valence-corrected chi connectivity index (χ0v) is 10.6. The van der Waals surface area contributed by atoms with Gasteiger partial charge in [0, 0.05) is 5.57 Å². The smallest absolute Gasteiger partial charge is 0.330 e. The third kappa shape index (κ3) is 2.59. The molecule has 0 spiro atoms. The minimum Gasteiger partial charge on any atom is -0.478 e. The number of carboxylic acids is 1. The van der Waals surface area contributed by atoms with Crippen LogP contribution in [0, 0.1) is 0 Å². The topological polar surface area (TPSA) is 37.3 Å². The number of hydrogen-bond acceptors (Lipinski definition) is 1. The first-order valence-electron chi connectivity index (χ1n) is 5.98. The van der Waals surface area contributed by atoms with E-state index in [-0.39, 0.29) is 5.92 Å². The van der Waals surface area contributed by atoms with Crippen LogP contribution in [0.4, 0.5) is 0 Å². The molecule has 0 saturated heterocycles.